The van der Waals surface area contributed by atoms with Gasteiger partial charge in [-0.2, -0.15) is 5.10 Å². The van der Waals surface area contributed by atoms with Crippen LogP contribution in [0.4, 0.5) is 11.4 Å². The molecule has 0 atom stereocenters. The first kappa shape index (κ1) is 12.2. The van der Waals surface area contributed by atoms with Crippen LogP contribution in [0, 0.1) is 13.8 Å². The minimum Gasteiger partial charge on any atom is -0.396 e. The summed E-state index contributed by atoms with van der Waals surface area (Å²) in [5, 5.41) is 6.80. The van der Waals surface area contributed by atoms with Crippen LogP contribution in [-0.4, -0.2) is 15.7 Å². The molecule has 5 nitrogen and oxygen atoms in total. The van der Waals surface area contributed by atoms with Crippen molar-refractivity contribution in [3.8, 4) is 0 Å². The average Bonchev–Trinajstić information content (AvgIpc) is 2.65. The molecule has 0 saturated heterocycles. The van der Waals surface area contributed by atoms with E-state index in [-0.39, 0.29) is 5.91 Å². The highest BCUT2D eigenvalue weighted by Gasteiger charge is 2.15. The minimum atomic E-state index is -0.249. The second kappa shape index (κ2) is 4.52. The van der Waals surface area contributed by atoms with Crippen LogP contribution in [0.2, 0.25) is 0 Å². The van der Waals surface area contributed by atoms with Gasteiger partial charge in [-0.3, -0.25) is 9.48 Å². The number of rotatable bonds is 2. The number of hydrogen-bond acceptors (Lipinski definition) is 3. The fraction of sp³-hybridized carbons (Fsp3) is 0.231. The number of anilines is 2. The molecule has 0 radical (unpaired) electrons. The van der Waals surface area contributed by atoms with E-state index >= 15 is 0 Å². The molecule has 0 aliphatic carbocycles. The Labute approximate surface area is 106 Å². The third-order valence-electron chi connectivity index (χ3n) is 3.03. The van der Waals surface area contributed by atoms with Crippen molar-refractivity contribution in [2.45, 2.75) is 13.8 Å². The monoisotopic (exact) mass is 244 g/mol. The van der Waals surface area contributed by atoms with Crippen molar-refractivity contribution >= 4 is 17.3 Å². The van der Waals surface area contributed by atoms with E-state index in [0.717, 1.165) is 16.8 Å². The summed E-state index contributed by atoms with van der Waals surface area (Å²) in [6, 6.07) is 5.78. The van der Waals surface area contributed by atoms with Crippen LogP contribution in [0.3, 0.4) is 0 Å². The number of carbonyl (C=O) groups is 1. The molecule has 0 saturated carbocycles. The molecule has 1 heterocycles. The van der Waals surface area contributed by atoms with Crippen LogP contribution in [-0.2, 0) is 7.05 Å². The van der Waals surface area contributed by atoms with Crippen LogP contribution in [0.25, 0.3) is 0 Å². The molecular formula is C13H16N4O. The Hall–Kier alpha value is -2.30. The number of nitrogens with two attached hydrogens (primary N) is 1. The molecule has 18 heavy (non-hydrogen) atoms. The van der Waals surface area contributed by atoms with Gasteiger partial charge in [-0.05, 0) is 31.0 Å². The molecule has 1 aromatic carbocycles. The smallest absolute Gasteiger partial charge is 0.276 e. The van der Waals surface area contributed by atoms with E-state index < -0.39 is 0 Å². The van der Waals surface area contributed by atoms with Crippen LogP contribution >= 0.6 is 0 Å². The first-order valence-electron chi connectivity index (χ1n) is 5.65. The third-order valence-corrected chi connectivity index (χ3v) is 3.03. The molecule has 5 heteroatoms. The van der Waals surface area contributed by atoms with Gasteiger partial charge in [0.1, 0.15) is 5.69 Å². The number of aromatic nitrogens is 2. The van der Waals surface area contributed by atoms with Gasteiger partial charge in [0.15, 0.2) is 0 Å². The van der Waals surface area contributed by atoms with Crippen LogP contribution < -0.4 is 11.1 Å². The zero-order valence-electron chi connectivity index (χ0n) is 10.7. The van der Waals surface area contributed by atoms with Crippen LogP contribution in [0.5, 0.6) is 0 Å². The standard InChI is InChI=1S/C13H16N4O/c1-8-5-4-6-11(9(8)2)16-13(18)12-10(14)7-15-17(12)3/h4-7H,14H2,1-3H3,(H,16,18). The highest BCUT2D eigenvalue weighted by molar-refractivity contribution is 6.06. The van der Waals surface area contributed by atoms with Gasteiger partial charge in [0.2, 0.25) is 0 Å². The van der Waals surface area contributed by atoms with Crippen molar-refractivity contribution in [1.82, 2.24) is 9.78 Å². The number of aryl methyl sites for hydroxylation is 2. The normalized spacial score (nSPS) is 10.4. The Kier molecular flexibility index (Phi) is 3.06. The maximum atomic E-state index is 12.1. The third kappa shape index (κ3) is 2.07. The molecule has 1 aromatic heterocycles. The van der Waals surface area contributed by atoms with Crippen LogP contribution in [0.15, 0.2) is 24.4 Å². The number of nitrogens with zero attached hydrogens (tertiary/aromatic N) is 2. The molecule has 0 spiro atoms. The van der Waals surface area contributed by atoms with E-state index in [9.17, 15) is 4.79 Å². The molecule has 3 N–H and O–H groups in total. The summed E-state index contributed by atoms with van der Waals surface area (Å²) < 4.78 is 1.47. The summed E-state index contributed by atoms with van der Waals surface area (Å²) in [7, 11) is 1.69. The fourth-order valence-corrected chi connectivity index (χ4v) is 1.80. The summed E-state index contributed by atoms with van der Waals surface area (Å²) in [5.41, 5.74) is 9.44. The lowest BCUT2D eigenvalue weighted by molar-refractivity contribution is 0.101. The van der Waals surface area contributed by atoms with Crippen molar-refractivity contribution in [3.05, 3.63) is 41.2 Å². The molecule has 2 aromatic rings. The molecule has 1 amide bonds. The molecule has 0 unspecified atom stereocenters. The summed E-state index contributed by atoms with van der Waals surface area (Å²) >= 11 is 0. The summed E-state index contributed by atoms with van der Waals surface area (Å²) in [6.07, 6.45) is 1.47. The Morgan fingerprint density at radius 3 is 2.72 bits per heavy atom. The van der Waals surface area contributed by atoms with E-state index in [1.165, 1.54) is 10.9 Å². The number of benzene rings is 1. The predicted molar refractivity (Wildman–Crippen MR) is 71.5 cm³/mol. The number of nitrogen functional groups attached to an aromatic ring is 1. The molecule has 0 bridgehead atoms. The molecule has 2 rings (SSSR count). The lowest BCUT2D eigenvalue weighted by Gasteiger charge is -2.10. The van der Waals surface area contributed by atoms with Crippen LogP contribution in [0.1, 0.15) is 21.6 Å². The predicted octanol–water partition coefficient (Wildman–Crippen LogP) is 1.87. The van der Waals surface area contributed by atoms with Crippen molar-refractivity contribution in [2.75, 3.05) is 11.1 Å². The van der Waals surface area contributed by atoms with Gasteiger partial charge in [-0.25, -0.2) is 0 Å². The highest BCUT2D eigenvalue weighted by atomic mass is 16.2. The van der Waals surface area contributed by atoms with Crippen molar-refractivity contribution < 1.29 is 4.79 Å². The van der Waals surface area contributed by atoms with Crippen molar-refractivity contribution in [2.24, 2.45) is 7.05 Å². The summed E-state index contributed by atoms with van der Waals surface area (Å²) in [4.78, 5) is 12.1. The summed E-state index contributed by atoms with van der Waals surface area (Å²) in [6.45, 7) is 3.97. The molecule has 94 valence electrons. The van der Waals surface area contributed by atoms with Crippen molar-refractivity contribution in [1.29, 1.82) is 0 Å². The molecule has 0 aliphatic heterocycles. The van der Waals surface area contributed by atoms with Crippen molar-refractivity contribution in [3.63, 3.8) is 0 Å². The summed E-state index contributed by atoms with van der Waals surface area (Å²) in [5.74, 6) is -0.249. The van der Waals surface area contributed by atoms with Gasteiger partial charge in [-0.1, -0.05) is 12.1 Å². The molecule has 0 fully saturated rings. The Morgan fingerprint density at radius 2 is 2.11 bits per heavy atom. The second-order valence-electron chi connectivity index (χ2n) is 4.27. The maximum Gasteiger partial charge on any atom is 0.276 e. The average molecular weight is 244 g/mol. The van der Waals surface area contributed by atoms with Gasteiger partial charge in [0.25, 0.3) is 5.91 Å². The Balaban J connectivity index is 2.30. The van der Waals surface area contributed by atoms with E-state index in [2.05, 4.69) is 10.4 Å². The van der Waals surface area contributed by atoms with E-state index in [1.807, 2.05) is 32.0 Å². The van der Waals surface area contributed by atoms with E-state index in [0.29, 0.717) is 11.4 Å². The molecular weight excluding hydrogens is 228 g/mol. The first-order valence-corrected chi connectivity index (χ1v) is 5.65. The van der Waals surface area contributed by atoms with Gasteiger partial charge < -0.3 is 11.1 Å². The quantitative estimate of drug-likeness (QED) is 0.847. The lowest BCUT2D eigenvalue weighted by atomic mass is 10.1. The SMILES string of the molecule is Cc1cccc(NC(=O)c2c(N)cnn2C)c1C. The Bertz CT molecular complexity index is 582. The van der Waals surface area contributed by atoms with Gasteiger partial charge in [0, 0.05) is 12.7 Å². The number of carbonyl (C=O) groups excluding carboxylic acids is 1. The van der Waals surface area contributed by atoms with Gasteiger partial charge in [0.05, 0.1) is 11.9 Å². The highest BCUT2D eigenvalue weighted by Crippen LogP contribution is 2.19. The largest absolute Gasteiger partial charge is 0.396 e. The fourth-order valence-electron chi connectivity index (χ4n) is 1.80. The van der Waals surface area contributed by atoms with E-state index in [1.54, 1.807) is 7.05 Å². The van der Waals surface area contributed by atoms with Gasteiger partial charge >= 0.3 is 0 Å². The first-order chi connectivity index (χ1) is 8.50. The number of nitrogens with one attached hydrogen (secondary N) is 1. The number of hydrogen-bond donors (Lipinski definition) is 2. The number of amides is 1. The zero-order valence-corrected chi connectivity index (χ0v) is 10.7. The zero-order chi connectivity index (χ0) is 13.3. The maximum absolute atomic E-state index is 12.1. The minimum absolute atomic E-state index is 0.249. The Morgan fingerprint density at radius 1 is 1.39 bits per heavy atom. The van der Waals surface area contributed by atoms with Gasteiger partial charge in [-0.15, -0.1) is 0 Å². The lowest BCUT2D eigenvalue weighted by Crippen LogP contribution is -2.18. The topological polar surface area (TPSA) is 72.9 Å². The molecule has 0 aliphatic rings. The second-order valence-corrected chi connectivity index (χ2v) is 4.27. The van der Waals surface area contributed by atoms with E-state index in [4.69, 9.17) is 5.73 Å².